The van der Waals surface area contributed by atoms with E-state index in [1.807, 2.05) is 33.8 Å². The van der Waals surface area contributed by atoms with Crippen LogP contribution in [0.5, 0.6) is 5.75 Å². The summed E-state index contributed by atoms with van der Waals surface area (Å²) in [7, 11) is 0. The summed E-state index contributed by atoms with van der Waals surface area (Å²) >= 11 is 0. The molecule has 224 valence electrons. The van der Waals surface area contributed by atoms with E-state index in [2.05, 4.69) is 11.1 Å². The van der Waals surface area contributed by atoms with Gasteiger partial charge in [-0.25, -0.2) is 24.5 Å². The molecule has 0 aromatic carbocycles. The molecule has 11 heteroatoms. The molecule has 0 N–H and O–H groups in total. The van der Waals surface area contributed by atoms with Crippen molar-refractivity contribution in [1.29, 1.82) is 5.26 Å². The van der Waals surface area contributed by atoms with Crippen LogP contribution in [0.2, 0.25) is 0 Å². The third-order valence-corrected chi connectivity index (χ3v) is 7.42. The third-order valence-electron chi connectivity index (χ3n) is 7.42. The Hall–Kier alpha value is -3.91. The van der Waals surface area contributed by atoms with Crippen LogP contribution in [0, 0.1) is 11.3 Å². The summed E-state index contributed by atoms with van der Waals surface area (Å²) in [4.78, 5) is 38.8. The average Bonchev–Trinajstić information content (AvgIpc) is 2.99. The second-order valence-electron chi connectivity index (χ2n) is 13.0. The van der Waals surface area contributed by atoms with E-state index in [-0.39, 0.29) is 23.3 Å². The maximum atomic E-state index is 13.9. The number of amides is 2. The molecule has 0 saturated carbocycles. The molecule has 5 heterocycles. The number of aromatic nitrogens is 2. The van der Waals surface area contributed by atoms with Crippen molar-refractivity contribution in [2.75, 3.05) is 31.2 Å². The van der Waals surface area contributed by atoms with Crippen LogP contribution < -0.4 is 9.64 Å². The van der Waals surface area contributed by atoms with Gasteiger partial charge < -0.3 is 23.8 Å². The van der Waals surface area contributed by atoms with Crippen LogP contribution in [0.15, 0.2) is 18.3 Å². The predicted molar refractivity (Wildman–Crippen MR) is 154 cm³/mol. The van der Waals surface area contributed by atoms with Gasteiger partial charge >= 0.3 is 12.2 Å². The highest BCUT2D eigenvalue weighted by molar-refractivity contribution is 5.99. The molecule has 2 aromatic heterocycles. The van der Waals surface area contributed by atoms with E-state index in [1.165, 1.54) is 4.90 Å². The summed E-state index contributed by atoms with van der Waals surface area (Å²) in [6, 6.07) is 5.90. The fraction of sp³-hybridized carbons (Fsp3) is 0.581. The van der Waals surface area contributed by atoms with E-state index in [1.54, 1.807) is 37.9 Å². The molecule has 3 aliphatic heterocycles. The molecule has 1 atom stereocenters. The molecule has 2 amide bonds. The first-order valence-corrected chi connectivity index (χ1v) is 14.4. The number of carbonyl (C=O) groups excluding carboxylic acids is 2. The fourth-order valence-corrected chi connectivity index (χ4v) is 5.53. The van der Waals surface area contributed by atoms with Gasteiger partial charge in [0.2, 0.25) is 0 Å². The minimum atomic E-state index is -0.787. The van der Waals surface area contributed by atoms with Crippen molar-refractivity contribution in [2.45, 2.75) is 90.4 Å². The Kier molecular flexibility index (Phi) is 7.79. The molecule has 2 aromatic rings. The minimum Gasteiger partial charge on any atom is -0.481 e. The minimum absolute atomic E-state index is 0.0547. The van der Waals surface area contributed by atoms with Gasteiger partial charge in [0, 0.05) is 44.0 Å². The van der Waals surface area contributed by atoms with Gasteiger partial charge in [-0.3, -0.25) is 0 Å². The maximum absolute atomic E-state index is 13.9. The Labute approximate surface area is 246 Å². The molecule has 0 bridgehead atoms. The Morgan fingerprint density at radius 1 is 1.02 bits per heavy atom. The zero-order chi connectivity index (χ0) is 30.4. The standard InChI is InChI=1S/C31H39N5O6/c1-18-25-21(19-9-12-39-13-10-19)8-11-33-27(25)36(29(38)42-31(5,6)7)24-14-22(34-23(15-32)26(24)40-18)20-16-35(17-20)28(37)41-30(2,3)4/h8,11,14,18-20H,9-10,12-13,16-17H2,1-7H3. The van der Waals surface area contributed by atoms with Crippen molar-refractivity contribution in [3.05, 3.63) is 40.8 Å². The summed E-state index contributed by atoms with van der Waals surface area (Å²) in [6.07, 6.45) is 1.83. The van der Waals surface area contributed by atoms with Crippen LogP contribution in [0.4, 0.5) is 21.1 Å². The number of hydrogen-bond donors (Lipinski definition) is 0. The number of nitrogens with zero attached hydrogens (tertiary/aromatic N) is 5. The van der Waals surface area contributed by atoms with Crippen LogP contribution >= 0.6 is 0 Å². The molecule has 2 fully saturated rings. The molecule has 11 nitrogen and oxygen atoms in total. The number of nitriles is 1. The lowest BCUT2D eigenvalue weighted by Crippen LogP contribution is -2.50. The summed E-state index contributed by atoms with van der Waals surface area (Å²) in [6.45, 7) is 14.8. The highest BCUT2D eigenvalue weighted by atomic mass is 16.6. The summed E-state index contributed by atoms with van der Waals surface area (Å²) in [5.41, 5.74) is 1.38. The van der Waals surface area contributed by atoms with E-state index >= 15 is 0 Å². The smallest absolute Gasteiger partial charge is 0.420 e. The quantitative estimate of drug-likeness (QED) is 0.416. The molecule has 2 saturated heterocycles. The molecule has 42 heavy (non-hydrogen) atoms. The first kappa shape index (κ1) is 29.6. The van der Waals surface area contributed by atoms with Gasteiger partial charge in [0.05, 0.1) is 5.69 Å². The lowest BCUT2D eigenvalue weighted by atomic mass is 9.87. The molecule has 0 radical (unpaired) electrons. The second kappa shape index (κ2) is 11.1. The van der Waals surface area contributed by atoms with Gasteiger partial charge in [0.15, 0.2) is 11.4 Å². The Morgan fingerprint density at radius 2 is 1.67 bits per heavy atom. The highest BCUT2D eigenvalue weighted by Gasteiger charge is 2.41. The van der Waals surface area contributed by atoms with E-state index in [9.17, 15) is 14.9 Å². The van der Waals surface area contributed by atoms with Crippen LogP contribution in [0.3, 0.4) is 0 Å². The molecule has 0 spiro atoms. The normalized spacial score (nSPS) is 19.4. The molecule has 0 aliphatic carbocycles. The van der Waals surface area contributed by atoms with E-state index in [0.717, 1.165) is 24.0 Å². The van der Waals surface area contributed by atoms with E-state index in [0.29, 0.717) is 43.5 Å². The lowest BCUT2D eigenvalue weighted by Gasteiger charge is -2.39. The summed E-state index contributed by atoms with van der Waals surface area (Å²) < 4.78 is 23.4. The fourth-order valence-electron chi connectivity index (χ4n) is 5.53. The zero-order valence-electron chi connectivity index (χ0n) is 25.4. The van der Waals surface area contributed by atoms with Crippen molar-refractivity contribution in [3.8, 4) is 11.8 Å². The van der Waals surface area contributed by atoms with Crippen LogP contribution in [0.1, 0.15) is 102 Å². The van der Waals surface area contributed by atoms with Crippen molar-refractivity contribution in [3.63, 3.8) is 0 Å². The van der Waals surface area contributed by atoms with Crippen LogP contribution in [-0.4, -0.2) is 64.6 Å². The number of hydrogen-bond acceptors (Lipinski definition) is 9. The van der Waals surface area contributed by atoms with E-state index in [4.69, 9.17) is 23.9 Å². The Morgan fingerprint density at radius 3 is 2.29 bits per heavy atom. The number of rotatable bonds is 2. The number of anilines is 2. The first-order chi connectivity index (χ1) is 19.8. The zero-order valence-corrected chi connectivity index (χ0v) is 25.4. The summed E-state index contributed by atoms with van der Waals surface area (Å²) in [5.74, 6) is 0.654. The monoisotopic (exact) mass is 577 g/mol. The van der Waals surface area contributed by atoms with Crippen LogP contribution in [0.25, 0.3) is 0 Å². The number of likely N-dealkylation sites (tertiary alicyclic amines) is 1. The second-order valence-corrected chi connectivity index (χ2v) is 13.0. The SMILES string of the molecule is CC1Oc2c(cc(C3CN(C(=O)OC(C)(C)C)C3)nc2C#N)N(C(=O)OC(C)(C)C)c2nccc(C3CCOCC3)c21. The van der Waals surface area contributed by atoms with Gasteiger partial charge in [0.1, 0.15) is 34.9 Å². The van der Waals surface area contributed by atoms with Crippen molar-refractivity contribution < 1.29 is 28.5 Å². The van der Waals surface area contributed by atoms with Gasteiger partial charge in [-0.1, -0.05) is 0 Å². The Bertz CT molecular complexity index is 1410. The van der Waals surface area contributed by atoms with Gasteiger partial charge in [-0.15, -0.1) is 0 Å². The van der Waals surface area contributed by atoms with Crippen molar-refractivity contribution in [2.24, 2.45) is 0 Å². The van der Waals surface area contributed by atoms with Crippen LogP contribution in [-0.2, 0) is 14.2 Å². The van der Waals surface area contributed by atoms with Crippen molar-refractivity contribution in [1.82, 2.24) is 14.9 Å². The van der Waals surface area contributed by atoms with Gasteiger partial charge in [0.25, 0.3) is 0 Å². The molecule has 5 rings (SSSR count). The number of carbonyl (C=O) groups is 2. The maximum Gasteiger partial charge on any atom is 0.420 e. The molecule has 3 aliphatic rings. The first-order valence-electron chi connectivity index (χ1n) is 14.4. The topological polar surface area (TPSA) is 127 Å². The lowest BCUT2D eigenvalue weighted by molar-refractivity contribution is 0.00785. The molecular weight excluding hydrogens is 538 g/mol. The number of fused-ring (bicyclic) bond motifs is 2. The number of pyridine rings is 2. The predicted octanol–water partition coefficient (Wildman–Crippen LogP) is 6.10. The van der Waals surface area contributed by atoms with E-state index < -0.39 is 29.5 Å². The number of ether oxygens (including phenoxy) is 4. The average molecular weight is 578 g/mol. The van der Waals surface area contributed by atoms with Gasteiger partial charge in [-0.2, -0.15) is 5.26 Å². The van der Waals surface area contributed by atoms with Gasteiger partial charge in [-0.05, 0) is 84.9 Å². The third kappa shape index (κ3) is 6.00. The molecule has 1 unspecified atom stereocenters. The van der Waals surface area contributed by atoms with Crippen molar-refractivity contribution >= 4 is 23.7 Å². The Balaban J connectivity index is 1.59. The highest BCUT2D eigenvalue weighted by Crippen LogP contribution is 2.48. The summed E-state index contributed by atoms with van der Waals surface area (Å²) in [5, 5.41) is 10.2. The largest absolute Gasteiger partial charge is 0.481 e. The molecular formula is C31H39N5O6.